The lowest BCUT2D eigenvalue weighted by molar-refractivity contribution is -0.122. The molecule has 0 aromatic rings. The maximum absolute atomic E-state index is 11.8. The zero-order chi connectivity index (χ0) is 12.1. The van der Waals surface area contributed by atoms with Gasteiger partial charge in [0.05, 0.1) is 0 Å². The molecule has 2 aliphatic carbocycles. The van der Waals surface area contributed by atoms with Crippen LogP contribution in [0.4, 0.5) is 0 Å². The molecule has 17 heavy (non-hydrogen) atoms. The fourth-order valence-electron chi connectivity index (χ4n) is 3.18. The largest absolute Gasteiger partial charge is 0.356 e. The van der Waals surface area contributed by atoms with E-state index in [1.807, 2.05) is 0 Å². The first-order chi connectivity index (χ1) is 8.24. The Balaban J connectivity index is 1.60. The van der Waals surface area contributed by atoms with Gasteiger partial charge in [0.15, 0.2) is 0 Å². The lowest BCUT2D eigenvalue weighted by Gasteiger charge is -2.21. The van der Waals surface area contributed by atoms with Crippen molar-refractivity contribution in [2.75, 3.05) is 6.54 Å². The molecule has 0 spiro atoms. The first kappa shape index (κ1) is 13.2. The average molecular weight is 258 g/mol. The van der Waals surface area contributed by atoms with Gasteiger partial charge in [-0.15, -0.1) is 11.6 Å². The van der Waals surface area contributed by atoms with Crippen molar-refractivity contribution in [2.45, 2.75) is 63.2 Å². The van der Waals surface area contributed by atoms with E-state index in [0.29, 0.717) is 17.2 Å². The van der Waals surface area contributed by atoms with E-state index in [-0.39, 0.29) is 5.91 Å². The summed E-state index contributed by atoms with van der Waals surface area (Å²) in [7, 11) is 0. The Kier molecular flexibility index (Phi) is 5.15. The predicted molar refractivity (Wildman–Crippen MR) is 71.2 cm³/mol. The second kappa shape index (κ2) is 6.63. The molecular weight excluding hydrogens is 234 g/mol. The molecule has 0 heterocycles. The molecule has 98 valence electrons. The number of halogens is 1. The standard InChI is InChI=1S/C14H24ClNO/c15-13-7-6-12(8-13)10-16-14(17)9-11-4-2-1-3-5-11/h11-13H,1-10H2,(H,16,17). The minimum atomic E-state index is 0.259. The van der Waals surface area contributed by atoms with Crippen LogP contribution in [-0.4, -0.2) is 17.8 Å². The Bertz CT molecular complexity index is 251. The van der Waals surface area contributed by atoms with E-state index in [2.05, 4.69) is 5.32 Å². The van der Waals surface area contributed by atoms with Crippen molar-refractivity contribution < 1.29 is 4.79 Å². The van der Waals surface area contributed by atoms with Gasteiger partial charge >= 0.3 is 0 Å². The van der Waals surface area contributed by atoms with Gasteiger partial charge in [0.25, 0.3) is 0 Å². The molecule has 2 unspecified atom stereocenters. The van der Waals surface area contributed by atoms with E-state index in [4.69, 9.17) is 11.6 Å². The van der Waals surface area contributed by atoms with Gasteiger partial charge in [0.2, 0.25) is 5.91 Å². The van der Waals surface area contributed by atoms with Gasteiger partial charge in [0, 0.05) is 18.3 Å². The van der Waals surface area contributed by atoms with Crippen molar-refractivity contribution >= 4 is 17.5 Å². The normalized spacial score (nSPS) is 30.4. The second-order valence-electron chi connectivity index (χ2n) is 5.79. The first-order valence-electron chi connectivity index (χ1n) is 7.15. The molecule has 0 radical (unpaired) electrons. The number of hydrogen-bond donors (Lipinski definition) is 1. The monoisotopic (exact) mass is 257 g/mol. The molecule has 1 N–H and O–H groups in total. The zero-order valence-corrected chi connectivity index (χ0v) is 11.3. The smallest absolute Gasteiger partial charge is 0.220 e. The molecule has 2 aliphatic rings. The summed E-state index contributed by atoms with van der Waals surface area (Å²) in [6.45, 7) is 0.842. The Morgan fingerprint density at radius 3 is 2.47 bits per heavy atom. The number of alkyl halides is 1. The van der Waals surface area contributed by atoms with Crippen LogP contribution in [0.5, 0.6) is 0 Å². The third-order valence-electron chi connectivity index (χ3n) is 4.26. The molecule has 3 heteroatoms. The molecule has 0 aromatic heterocycles. The Morgan fingerprint density at radius 1 is 1.06 bits per heavy atom. The summed E-state index contributed by atoms with van der Waals surface area (Å²) in [5, 5.41) is 3.44. The molecule has 1 amide bonds. The van der Waals surface area contributed by atoms with Gasteiger partial charge in [-0.05, 0) is 43.9 Å². The highest BCUT2D eigenvalue weighted by Crippen LogP contribution is 2.29. The molecule has 2 atom stereocenters. The molecule has 2 saturated carbocycles. The van der Waals surface area contributed by atoms with Crippen LogP contribution in [-0.2, 0) is 4.79 Å². The number of rotatable bonds is 4. The molecule has 0 bridgehead atoms. The summed E-state index contributed by atoms with van der Waals surface area (Å²) in [5.41, 5.74) is 0. The summed E-state index contributed by atoms with van der Waals surface area (Å²) in [4.78, 5) is 11.8. The van der Waals surface area contributed by atoms with Crippen LogP contribution in [0.25, 0.3) is 0 Å². The highest BCUT2D eigenvalue weighted by atomic mass is 35.5. The van der Waals surface area contributed by atoms with Gasteiger partial charge in [0.1, 0.15) is 0 Å². The molecule has 2 fully saturated rings. The van der Waals surface area contributed by atoms with Crippen LogP contribution in [0.2, 0.25) is 0 Å². The summed E-state index contributed by atoms with van der Waals surface area (Å²) in [6, 6.07) is 0. The Hall–Kier alpha value is -0.240. The lowest BCUT2D eigenvalue weighted by atomic mass is 9.87. The highest BCUT2D eigenvalue weighted by molar-refractivity contribution is 6.20. The zero-order valence-electron chi connectivity index (χ0n) is 10.6. The van der Waals surface area contributed by atoms with Crippen molar-refractivity contribution in [3.8, 4) is 0 Å². The van der Waals surface area contributed by atoms with Crippen molar-refractivity contribution in [1.82, 2.24) is 5.32 Å². The van der Waals surface area contributed by atoms with E-state index < -0.39 is 0 Å². The minimum absolute atomic E-state index is 0.259. The Labute approximate surface area is 109 Å². The van der Waals surface area contributed by atoms with E-state index in [1.54, 1.807) is 0 Å². The fourth-order valence-corrected chi connectivity index (χ4v) is 3.56. The molecular formula is C14H24ClNO. The van der Waals surface area contributed by atoms with Crippen molar-refractivity contribution in [3.05, 3.63) is 0 Å². The van der Waals surface area contributed by atoms with Crippen LogP contribution >= 0.6 is 11.6 Å². The van der Waals surface area contributed by atoms with E-state index >= 15 is 0 Å². The number of carbonyl (C=O) groups excluding carboxylic acids is 1. The number of amides is 1. The van der Waals surface area contributed by atoms with Crippen LogP contribution in [0, 0.1) is 11.8 Å². The topological polar surface area (TPSA) is 29.1 Å². The van der Waals surface area contributed by atoms with E-state index in [0.717, 1.165) is 25.8 Å². The molecule has 2 nitrogen and oxygen atoms in total. The van der Waals surface area contributed by atoms with Gasteiger partial charge in [-0.2, -0.15) is 0 Å². The maximum Gasteiger partial charge on any atom is 0.220 e. The molecule has 0 aromatic carbocycles. The number of hydrogen-bond acceptors (Lipinski definition) is 1. The summed E-state index contributed by atoms with van der Waals surface area (Å²) < 4.78 is 0. The van der Waals surface area contributed by atoms with Gasteiger partial charge in [-0.3, -0.25) is 4.79 Å². The van der Waals surface area contributed by atoms with Crippen LogP contribution < -0.4 is 5.32 Å². The summed E-state index contributed by atoms with van der Waals surface area (Å²) in [6.07, 6.45) is 10.6. The average Bonchev–Trinajstić information content (AvgIpc) is 2.74. The number of nitrogens with one attached hydrogen (secondary N) is 1. The van der Waals surface area contributed by atoms with E-state index in [1.165, 1.54) is 38.5 Å². The Morgan fingerprint density at radius 2 is 1.82 bits per heavy atom. The second-order valence-corrected chi connectivity index (χ2v) is 6.41. The van der Waals surface area contributed by atoms with Crippen molar-refractivity contribution in [3.63, 3.8) is 0 Å². The lowest BCUT2D eigenvalue weighted by Crippen LogP contribution is -2.30. The quantitative estimate of drug-likeness (QED) is 0.768. The summed E-state index contributed by atoms with van der Waals surface area (Å²) in [5.74, 6) is 1.52. The van der Waals surface area contributed by atoms with Crippen molar-refractivity contribution in [1.29, 1.82) is 0 Å². The van der Waals surface area contributed by atoms with Gasteiger partial charge in [-0.1, -0.05) is 19.3 Å². The van der Waals surface area contributed by atoms with Gasteiger partial charge < -0.3 is 5.32 Å². The van der Waals surface area contributed by atoms with Crippen LogP contribution in [0.15, 0.2) is 0 Å². The minimum Gasteiger partial charge on any atom is -0.356 e. The fraction of sp³-hybridized carbons (Fsp3) is 0.929. The van der Waals surface area contributed by atoms with E-state index in [9.17, 15) is 4.79 Å². The third kappa shape index (κ3) is 4.50. The number of carbonyl (C=O) groups is 1. The summed E-state index contributed by atoms with van der Waals surface area (Å²) >= 11 is 6.07. The third-order valence-corrected chi connectivity index (χ3v) is 4.66. The first-order valence-corrected chi connectivity index (χ1v) is 7.58. The van der Waals surface area contributed by atoms with Crippen molar-refractivity contribution in [2.24, 2.45) is 11.8 Å². The molecule has 0 aliphatic heterocycles. The molecule has 0 saturated heterocycles. The SMILES string of the molecule is O=C(CC1CCCCC1)NCC1CCC(Cl)C1. The maximum atomic E-state index is 11.8. The van der Waals surface area contributed by atoms with Crippen LogP contribution in [0.3, 0.4) is 0 Å². The highest BCUT2D eigenvalue weighted by Gasteiger charge is 2.23. The van der Waals surface area contributed by atoms with Crippen LogP contribution in [0.1, 0.15) is 57.8 Å². The predicted octanol–water partition coefficient (Wildman–Crippen LogP) is 3.48. The molecule has 2 rings (SSSR count). The van der Waals surface area contributed by atoms with Gasteiger partial charge in [-0.25, -0.2) is 0 Å².